The molecule has 0 saturated carbocycles. The summed E-state index contributed by atoms with van der Waals surface area (Å²) in [6, 6.07) is 3.76. The topological polar surface area (TPSA) is 49.9 Å². The number of hydroxylamine groups is 2. The molecule has 0 radical (unpaired) electrons. The van der Waals surface area contributed by atoms with Crippen LogP contribution in [0.4, 0.5) is 0 Å². The highest BCUT2D eigenvalue weighted by Gasteiger charge is 2.66. The summed E-state index contributed by atoms with van der Waals surface area (Å²) in [5.74, 6) is -0.562. The third-order valence-electron chi connectivity index (χ3n) is 5.66. The highest BCUT2D eigenvalue weighted by molar-refractivity contribution is 9.10. The lowest BCUT2D eigenvalue weighted by Gasteiger charge is -2.40. The number of amides is 1. The minimum atomic E-state index is -1.66. The SMILES string of the molecule is CON1CCC2(CC1)C(=O)C(Cl)(c1cc(Br)c(C)cc1C)C(=O)N2C. The minimum absolute atomic E-state index is 0.219. The van der Waals surface area contributed by atoms with Crippen molar-refractivity contribution < 1.29 is 14.4 Å². The second-order valence-electron chi connectivity index (χ2n) is 6.91. The summed E-state index contributed by atoms with van der Waals surface area (Å²) in [6.45, 7) is 5.03. The Morgan fingerprint density at radius 2 is 1.76 bits per heavy atom. The van der Waals surface area contributed by atoms with E-state index in [4.69, 9.17) is 16.4 Å². The Morgan fingerprint density at radius 1 is 1.16 bits per heavy atom. The standard InChI is InChI=1S/C18H22BrClN2O3/c1-11-9-12(2)14(19)10-13(11)18(20)15(23)17(21(3)16(18)24)5-7-22(25-4)8-6-17/h9-10H,5-8H2,1-4H3. The average molecular weight is 430 g/mol. The number of carbonyl (C=O) groups excluding carboxylic acids is 2. The van der Waals surface area contributed by atoms with Crippen LogP contribution in [-0.2, 0) is 19.3 Å². The number of alkyl halides is 1. The predicted molar refractivity (Wildman–Crippen MR) is 99.5 cm³/mol. The van der Waals surface area contributed by atoms with E-state index in [0.29, 0.717) is 31.5 Å². The first-order chi connectivity index (χ1) is 11.7. The Bertz CT molecular complexity index is 746. The van der Waals surface area contributed by atoms with Gasteiger partial charge in [0.1, 0.15) is 5.54 Å². The lowest BCUT2D eigenvalue weighted by molar-refractivity contribution is -0.165. The van der Waals surface area contributed by atoms with Gasteiger partial charge in [0.2, 0.25) is 4.87 Å². The second kappa shape index (κ2) is 6.34. The number of Topliss-reactive ketones (excluding diaryl/α,β-unsaturated/α-hetero) is 1. The van der Waals surface area contributed by atoms with Crippen molar-refractivity contribution in [1.82, 2.24) is 9.96 Å². The van der Waals surface area contributed by atoms with Crippen molar-refractivity contribution >= 4 is 39.2 Å². The quantitative estimate of drug-likeness (QED) is 0.536. The molecule has 1 atom stereocenters. The molecule has 0 bridgehead atoms. The smallest absolute Gasteiger partial charge is 0.256 e. The monoisotopic (exact) mass is 428 g/mol. The summed E-state index contributed by atoms with van der Waals surface area (Å²) in [6.07, 6.45) is 1.03. The van der Waals surface area contributed by atoms with Crippen LogP contribution in [0.15, 0.2) is 16.6 Å². The molecule has 2 saturated heterocycles. The van der Waals surface area contributed by atoms with E-state index in [1.807, 2.05) is 26.0 Å². The van der Waals surface area contributed by atoms with Crippen molar-refractivity contribution in [2.45, 2.75) is 37.1 Å². The van der Waals surface area contributed by atoms with Gasteiger partial charge in [0.15, 0.2) is 5.78 Å². The van der Waals surface area contributed by atoms with Crippen LogP contribution in [0.25, 0.3) is 0 Å². The van der Waals surface area contributed by atoms with Crippen LogP contribution in [0, 0.1) is 13.8 Å². The Hall–Kier alpha value is -0.950. The Balaban J connectivity index is 2.08. The fourth-order valence-corrected chi connectivity index (χ4v) is 4.88. The van der Waals surface area contributed by atoms with E-state index in [9.17, 15) is 9.59 Å². The minimum Gasteiger partial charge on any atom is -0.331 e. The number of nitrogens with zero attached hydrogens (tertiary/aromatic N) is 2. The van der Waals surface area contributed by atoms with Crippen molar-refractivity contribution in [1.29, 1.82) is 0 Å². The van der Waals surface area contributed by atoms with Crippen molar-refractivity contribution in [3.63, 3.8) is 0 Å². The number of ketones is 1. The molecule has 1 aromatic rings. The Kier molecular flexibility index (Phi) is 4.77. The molecule has 2 fully saturated rings. The lowest BCUT2D eigenvalue weighted by Crippen LogP contribution is -2.55. The molecule has 2 aliphatic rings. The molecule has 1 aromatic carbocycles. The number of aryl methyl sites for hydroxylation is 2. The number of benzene rings is 1. The molecule has 1 amide bonds. The molecule has 2 heterocycles. The van der Waals surface area contributed by atoms with Crippen molar-refractivity contribution in [3.8, 4) is 0 Å². The Morgan fingerprint density at radius 3 is 2.32 bits per heavy atom. The maximum absolute atomic E-state index is 13.5. The lowest BCUT2D eigenvalue weighted by atomic mass is 9.79. The molecule has 2 aliphatic heterocycles. The van der Waals surface area contributed by atoms with Crippen LogP contribution < -0.4 is 0 Å². The van der Waals surface area contributed by atoms with Gasteiger partial charge in [0.25, 0.3) is 5.91 Å². The van der Waals surface area contributed by atoms with Gasteiger partial charge in [-0.2, -0.15) is 5.06 Å². The molecule has 1 unspecified atom stereocenters. The molecule has 1 spiro atoms. The Labute approximate surface area is 161 Å². The van der Waals surface area contributed by atoms with E-state index in [-0.39, 0.29) is 11.7 Å². The highest BCUT2D eigenvalue weighted by Crippen LogP contribution is 2.49. The summed E-state index contributed by atoms with van der Waals surface area (Å²) in [7, 11) is 3.30. The third-order valence-corrected chi connectivity index (χ3v) is 7.05. The zero-order valence-corrected chi connectivity index (χ0v) is 17.2. The van der Waals surface area contributed by atoms with Gasteiger partial charge in [-0.25, -0.2) is 0 Å². The second-order valence-corrected chi connectivity index (χ2v) is 8.33. The van der Waals surface area contributed by atoms with Crippen LogP contribution in [0.3, 0.4) is 0 Å². The fourth-order valence-electron chi connectivity index (χ4n) is 4.03. The molecule has 0 aromatic heterocycles. The van der Waals surface area contributed by atoms with Crippen LogP contribution in [0.1, 0.15) is 29.5 Å². The number of likely N-dealkylation sites (tertiary alicyclic amines) is 1. The van der Waals surface area contributed by atoms with Crippen molar-refractivity contribution in [2.75, 3.05) is 27.2 Å². The van der Waals surface area contributed by atoms with E-state index in [0.717, 1.165) is 15.6 Å². The largest absolute Gasteiger partial charge is 0.331 e. The molecule has 25 heavy (non-hydrogen) atoms. The molecule has 136 valence electrons. The number of hydrogen-bond acceptors (Lipinski definition) is 4. The number of rotatable bonds is 2. The maximum Gasteiger partial charge on any atom is 0.256 e. The summed E-state index contributed by atoms with van der Waals surface area (Å²) in [5, 5.41) is 1.80. The van der Waals surface area contributed by atoms with Gasteiger partial charge in [0.05, 0.1) is 7.11 Å². The number of likely N-dealkylation sites (N-methyl/N-ethyl adjacent to an activating group) is 1. The number of halogens is 2. The van der Waals surface area contributed by atoms with E-state index in [2.05, 4.69) is 15.9 Å². The van der Waals surface area contributed by atoms with Gasteiger partial charge in [-0.1, -0.05) is 33.6 Å². The normalized spacial score (nSPS) is 26.7. The van der Waals surface area contributed by atoms with Gasteiger partial charge < -0.3 is 9.74 Å². The van der Waals surface area contributed by atoms with Gasteiger partial charge in [-0.05, 0) is 49.4 Å². The van der Waals surface area contributed by atoms with Crippen molar-refractivity contribution in [2.24, 2.45) is 0 Å². The first-order valence-corrected chi connectivity index (χ1v) is 9.44. The molecule has 7 heteroatoms. The number of carbonyl (C=O) groups is 2. The molecule has 3 rings (SSSR count). The summed E-state index contributed by atoms with van der Waals surface area (Å²) in [4.78, 5) is 31.8. The van der Waals surface area contributed by atoms with Crippen LogP contribution in [0.2, 0.25) is 0 Å². The van der Waals surface area contributed by atoms with E-state index < -0.39 is 10.4 Å². The molecular formula is C18H22BrClN2O3. The van der Waals surface area contributed by atoms with E-state index in [1.165, 1.54) is 0 Å². The van der Waals surface area contributed by atoms with Crippen LogP contribution in [0.5, 0.6) is 0 Å². The molecule has 0 aliphatic carbocycles. The molecule has 0 N–H and O–H groups in total. The highest BCUT2D eigenvalue weighted by atomic mass is 79.9. The van der Waals surface area contributed by atoms with Gasteiger partial charge in [0, 0.05) is 24.6 Å². The average Bonchev–Trinajstić information content (AvgIpc) is 2.74. The third kappa shape index (κ3) is 2.57. The first kappa shape index (κ1) is 18.8. The van der Waals surface area contributed by atoms with Crippen molar-refractivity contribution in [3.05, 3.63) is 33.3 Å². The first-order valence-electron chi connectivity index (χ1n) is 8.27. The fraction of sp³-hybridized carbons (Fsp3) is 0.556. The van der Waals surface area contributed by atoms with E-state index >= 15 is 0 Å². The van der Waals surface area contributed by atoms with E-state index in [1.54, 1.807) is 24.1 Å². The predicted octanol–water partition coefficient (Wildman–Crippen LogP) is 2.94. The number of piperidine rings is 1. The summed E-state index contributed by atoms with van der Waals surface area (Å²) in [5.41, 5.74) is 1.59. The zero-order chi connectivity index (χ0) is 18.6. The summed E-state index contributed by atoms with van der Waals surface area (Å²) >= 11 is 10.3. The number of hydrogen-bond donors (Lipinski definition) is 0. The van der Waals surface area contributed by atoms with Gasteiger partial charge in [-0.15, -0.1) is 0 Å². The van der Waals surface area contributed by atoms with Gasteiger partial charge >= 0.3 is 0 Å². The van der Waals surface area contributed by atoms with Crippen LogP contribution in [-0.4, -0.2) is 54.4 Å². The summed E-state index contributed by atoms with van der Waals surface area (Å²) < 4.78 is 0.839. The maximum atomic E-state index is 13.5. The molecule has 5 nitrogen and oxygen atoms in total. The molecular weight excluding hydrogens is 408 g/mol. The zero-order valence-electron chi connectivity index (χ0n) is 14.9. The van der Waals surface area contributed by atoms with Gasteiger partial charge in [-0.3, -0.25) is 9.59 Å². The van der Waals surface area contributed by atoms with Crippen LogP contribution >= 0.6 is 27.5 Å².